The maximum Gasteiger partial charge on any atom is 0.169 e. The number of ether oxygens (including phenoxy) is 1. The number of benzene rings is 1. The zero-order chi connectivity index (χ0) is 15.1. The average molecular weight is 309 g/mol. The van der Waals surface area contributed by atoms with Crippen molar-refractivity contribution in [2.45, 2.75) is 6.54 Å². The Morgan fingerprint density at radius 1 is 1.24 bits per heavy atom. The van der Waals surface area contributed by atoms with Crippen LogP contribution in [0.25, 0.3) is 0 Å². The summed E-state index contributed by atoms with van der Waals surface area (Å²) in [5.41, 5.74) is 1.18. The molecular weight excluding hydrogens is 286 g/mol. The molecule has 5 nitrogen and oxygen atoms in total. The first-order valence-electron chi connectivity index (χ1n) is 7.22. The van der Waals surface area contributed by atoms with Gasteiger partial charge in [-0.2, -0.15) is 0 Å². The summed E-state index contributed by atoms with van der Waals surface area (Å²) in [6, 6.07) is 7.97. The van der Waals surface area contributed by atoms with Crippen molar-refractivity contribution in [3.8, 4) is 5.75 Å². The van der Waals surface area contributed by atoms with Gasteiger partial charge >= 0.3 is 0 Å². The molecule has 6 heteroatoms. The summed E-state index contributed by atoms with van der Waals surface area (Å²) >= 11 is 5.45. The van der Waals surface area contributed by atoms with Crippen molar-refractivity contribution in [1.82, 2.24) is 15.1 Å². The lowest BCUT2D eigenvalue weighted by Gasteiger charge is -2.35. The second-order valence-corrected chi connectivity index (χ2v) is 5.45. The van der Waals surface area contributed by atoms with Crippen molar-refractivity contribution in [1.29, 1.82) is 0 Å². The lowest BCUT2D eigenvalue weighted by Crippen LogP contribution is -2.51. The molecule has 0 amide bonds. The maximum atomic E-state index is 8.94. The van der Waals surface area contributed by atoms with Crippen LogP contribution in [0.2, 0.25) is 0 Å². The fourth-order valence-corrected chi connectivity index (χ4v) is 2.60. The van der Waals surface area contributed by atoms with Crippen LogP contribution in [0.4, 0.5) is 0 Å². The summed E-state index contributed by atoms with van der Waals surface area (Å²) in [6.45, 7) is 5.42. The number of aliphatic hydroxyl groups excluding tert-OH is 1. The van der Waals surface area contributed by atoms with Gasteiger partial charge in [0.15, 0.2) is 5.11 Å². The number of nitrogens with zero attached hydrogens (tertiary/aromatic N) is 2. The van der Waals surface area contributed by atoms with Gasteiger partial charge in [0.2, 0.25) is 0 Å². The predicted octanol–water partition coefficient (Wildman–Crippen LogP) is 0.680. The Kier molecular flexibility index (Phi) is 6.22. The van der Waals surface area contributed by atoms with E-state index in [-0.39, 0.29) is 6.61 Å². The Balaban J connectivity index is 1.74. The number of nitrogens with one attached hydrogen (secondary N) is 1. The van der Waals surface area contributed by atoms with E-state index in [0.717, 1.165) is 50.1 Å². The van der Waals surface area contributed by atoms with Crippen molar-refractivity contribution in [2.75, 3.05) is 46.4 Å². The van der Waals surface area contributed by atoms with Gasteiger partial charge in [0.25, 0.3) is 0 Å². The third-order valence-corrected chi connectivity index (χ3v) is 4.08. The van der Waals surface area contributed by atoms with Gasteiger partial charge in [-0.3, -0.25) is 4.90 Å². The van der Waals surface area contributed by atoms with Crippen molar-refractivity contribution < 1.29 is 9.84 Å². The summed E-state index contributed by atoms with van der Waals surface area (Å²) in [5, 5.41) is 13.0. The van der Waals surface area contributed by atoms with Gasteiger partial charge in [0.1, 0.15) is 5.75 Å². The molecule has 2 N–H and O–H groups in total. The molecule has 0 bridgehead atoms. The molecule has 21 heavy (non-hydrogen) atoms. The summed E-state index contributed by atoms with van der Waals surface area (Å²) in [6.07, 6.45) is 0. The van der Waals surface area contributed by atoms with Gasteiger partial charge in [-0.05, 0) is 29.9 Å². The van der Waals surface area contributed by atoms with E-state index in [9.17, 15) is 0 Å². The molecule has 0 aromatic heterocycles. The molecule has 1 saturated heterocycles. The molecule has 1 aromatic rings. The van der Waals surface area contributed by atoms with Crippen LogP contribution in [0.1, 0.15) is 5.56 Å². The van der Waals surface area contributed by atoms with Crippen LogP contribution in [0, 0.1) is 0 Å². The fourth-order valence-electron chi connectivity index (χ4n) is 2.35. The molecular formula is C15H23N3O2S. The normalized spacial score (nSPS) is 15.8. The van der Waals surface area contributed by atoms with Crippen molar-refractivity contribution in [2.24, 2.45) is 0 Å². The second-order valence-electron chi connectivity index (χ2n) is 5.06. The van der Waals surface area contributed by atoms with Gasteiger partial charge in [0, 0.05) is 39.3 Å². The Morgan fingerprint density at radius 2 is 1.90 bits per heavy atom. The number of hydrogen-bond donors (Lipinski definition) is 2. The summed E-state index contributed by atoms with van der Waals surface area (Å²) in [7, 11) is 1.67. The first-order valence-corrected chi connectivity index (χ1v) is 7.62. The van der Waals surface area contributed by atoms with Crippen molar-refractivity contribution in [3.05, 3.63) is 29.8 Å². The first-order chi connectivity index (χ1) is 10.2. The molecule has 0 radical (unpaired) electrons. The quantitative estimate of drug-likeness (QED) is 0.780. The van der Waals surface area contributed by atoms with E-state index in [0.29, 0.717) is 0 Å². The maximum absolute atomic E-state index is 8.94. The Labute approximate surface area is 131 Å². The molecule has 1 fully saturated rings. The predicted molar refractivity (Wildman–Crippen MR) is 87.5 cm³/mol. The third kappa shape index (κ3) is 4.84. The highest BCUT2D eigenvalue weighted by Gasteiger charge is 2.17. The minimum atomic E-state index is 0.222. The zero-order valence-electron chi connectivity index (χ0n) is 12.4. The van der Waals surface area contributed by atoms with Crippen LogP contribution >= 0.6 is 12.2 Å². The molecule has 1 aromatic carbocycles. The smallest absolute Gasteiger partial charge is 0.169 e. The van der Waals surface area contributed by atoms with Crippen LogP contribution in [0.5, 0.6) is 5.75 Å². The summed E-state index contributed by atoms with van der Waals surface area (Å²) < 4.78 is 5.14. The first kappa shape index (κ1) is 16.0. The van der Waals surface area contributed by atoms with Crippen molar-refractivity contribution >= 4 is 17.3 Å². The molecule has 0 aliphatic carbocycles. The van der Waals surface area contributed by atoms with E-state index in [2.05, 4.69) is 15.1 Å². The van der Waals surface area contributed by atoms with E-state index in [4.69, 9.17) is 22.1 Å². The lowest BCUT2D eigenvalue weighted by atomic mass is 10.2. The van der Waals surface area contributed by atoms with E-state index < -0.39 is 0 Å². The molecule has 116 valence electrons. The Hall–Kier alpha value is -1.37. The Bertz CT molecular complexity index is 445. The molecule has 2 rings (SSSR count). The molecule has 1 aliphatic rings. The van der Waals surface area contributed by atoms with E-state index in [1.165, 1.54) is 5.56 Å². The highest BCUT2D eigenvalue weighted by molar-refractivity contribution is 7.80. The number of hydrogen-bond acceptors (Lipinski definition) is 4. The standard InChI is InChI=1S/C15H23N3O2S/c1-20-14-4-2-13(3-5-14)12-16-15(21)18-8-6-17(7-9-18)10-11-19/h2-5,19H,6-12H2,1H3,(H,16,21). The number of piperazine rings is 1. The number of aliphatic hydroxyl groups is 1. The highest BCUT2D eigenvalue weighted by Crippen LogP contribution is 2.11. The molecule has 0 atom stereocenters. The fraction of sp³-hybridized carbons (Fsp3) is 0.533. The van der Waals surface area contributed by atoms with E-state index in [1.54, 1.807) is 7.11 Å². The third-order valence-electron chi connectivity index (χ3n) is 3.68. The van der Waals surface area contributed by atoms with Gasteiger partial charge < -0.3 is 20.1 Å². The van der Waals surface area contributed by atoms with Crippen LogP contribution < -0.4 is 10.1 Å². The molecule has 1 heterocycles. The SMILES string of the molecule is COc1ccc(CNC(=S)N2CCN(CCO)CC2)cc1. The number of methoxy groups -OCH3 is 1. The van der Waals surface area contributed by atoms with E-state index in [1.807, 2.05) is 24.3 Å². The lowest BCUT2D eigenvalue weighted by molar-refractivity contribution is 0.146. The molecule has 0 spiro atoms. The molecule has 0 saturated carbocycles. The zero-order valence-corrected chi connectivity index (χ0v) is 13.2. The van der Waals surface area contributed by atoms with Gasteiger partial charge in [0.05, 0.1) is 13.7 Å². The summed E-state index contributed by atoms with van der Waals surface area (Å²) in [5.74, 6) is 0.862. The second kappa shape index (κ2) is 8.17. The average Bonchev–Trinajstić information content (AvgIpc) is 2.54. The van der Waals surface area contributed by atoms with Crippen molar-refractivity contribution in [3.63, 3.8) is 0 Å². The topological polar surface area (TPSA) is 48.0 Å². The minimum absolute atomic E-state index is 0.222. The van der Waals surface area contributed by atoms with Crippen LogP contribution in [0.3, 0.4) is 0 Å². The molecule has 1 aliphatic heterocycles. The van der Waals surface area contributed by atoms with Gasteiger partial charge in [-0.25, -0.2) is 0 Å². The van der Waals surface area contributed by atoms with Crippen LogP contribution in [-0.2, 0) is 6.54 Å². The van der Waals surface area contributed by atoms with E-state index >= 15 is 0 Å². The molecule has 0 unspecified atom stereocenters. The Morgan fingerprint density at radius 3 is 2.48 bits per heavy atom. The van der Waals surface area contributed by atoms with Gasteiger partial charge in [-0.1, -0.05) is 12.1 Å². The number of rotatable bonds is 5. The minimum Gasteiger partial charge on any atom is -0.497 e. The largest absolute Gasteiger partial charge is 0.497 e. The number of thiocarbonyl (C=S) groups is 1. The van der Waals surface area contributed by atoms with Gasteiger partial charge in [-0.15, -0.1) is 0 Å². The van der Waals surface area contributed by atoms with Crippen LogP contribution in [0.15, 0.2) is 24.3 Å². The summed E-state index contributed by atoms with van der Waals surface area (Å²) in [4.78, 5) is 4.44. The van der Waals surface area contributed by atoms with Crippen LogP contribution in [-0.4, -0.2) is 66.5 Å². The highest BCUT2D eigenvalue weighted by atomic mass is 32.1. The monoisotopic (exact) mass is 309 g/mol. The number of β-amino-alcohol motifs (C(OH)–C–C–N with tert-alkyl or cyclic N) is 1.